The van der Waals surface area contributed by atoms with Gasteiger partial charge in [0.1, 0.15) is 5.75 Å². The Labute approximate surface area is 177 Å². The maximum Gasteiger partial charge on any atom is 0.234 e. The highest BCUT2D eigenvalue weighted by Crippen LogP contribution is 2.29. The molecule has 6 heteroatoms. The van der Waals surface area contributed by atoms with E-state index in [0.29, 0.717) is 13.1 Å². The molecule has 1 aliphatic carbocycles. The van der Waals surface area contributed by atoms with Crippen molar-refractivity contribution in [2.75, 3.05) is 13.6 Å². The molecule has 0 atom stereocenters. The molecule has 0 saturated heterocycles. The molecular formula is C24H28N4O2. The number of nitrogens with one attached hydrogen (secondary N) is 1. The van der Waals surface area contributed by atoms with Gasteiger partial charge in [0, 0.05) is 48.1 Å². The van der Waals surface area contributed by atoms with Crippen LogP contribution in [0.4, 0.5) is 0 Å². The Kier molecular flexibility index (Phi) is 6.54. The number of pyridine rings is 2. The summed E-state index contributed by atoms with van der Waals surface area (Å²) in [5, 5.41) is 5.38. The van der Waals surface area contributed by atoms with Gasteiger partial charge < -0.3 is 10.1 Å². The molecule has 3 aromatic rings. The minimum Gasteiger partial charge on any atom is -0.490 e. The number of nitrogens with zero attached hydrogens (tertiary/aromatic N) is 3. The number of carbonyl (C=O) groups is 1. The molecule has 0 unspecified atom stereocenters. The van der Waals surface area contributed by atoms with Crippen LogP contribution in [0.5, 0.6) is 5.75 Å². The highest BCUT2D eigenvalue weighted by molar-refractivity contribution is 5.87. The van der Waals surface area contributed by atoms with E-state index in [-0.39, 0.29) is 18.1 Å². The molecule has 2 aromatic heterocycles. The Hall–Kier alpha value is -2.99. The van der Waals surface area contributed by atoms with Crippen LogP contribution in [0, 0.1) is 0 Å². The van der Waals surface area contributed by atoms with E-state index >= 15 is 0 Å². The molecule has 1 amide bonds. The van der Waals surface area contributed by atoms with Crippen molar-refractivity contribution in [3.05, 3.63) is 66.7 Å². The number of ether oxygens (including phenoxy) is 1. The van der Waals surface area contributed by atoms with E-state index in [1.807, 2.05) is 60.7 Å². The van der Waals surface area contributed by atoms with Crippen molar-refractivity contribution in [3.63, 3.8) is 0 Å². The SMILES string of the molecule is CN(CC(=O)NC1CCC(Oc2cccc3cnccc23)CC1)Cc1cccnc1. The number of aromatic nitrogens is 2. The summed E-state index contributed by atoms with van der Waals surface area (Å²) in [6, 6.07) is 12.2. The second-order valence-electron chi connectivity index (χ2n) is 8.05. The fraction of sp³-hybridized carbons (Fsp3) is 0.375. The number of amides is 1. The molecule has 1 saturated carbocycles. The molecule has 156 valence electrons. The van der Waals surface area contributed by atoms with Gasteiger partial charge in [0.15, 0.2) is 0 Å². The van der Waals surface area contributed by atoms with Gasteiger partial charge in [-0.15, -0.1) is 0 Å². The third-order valence-electron chi connectivity index (χ3n) is 5.56. The third-order valence-corrected chi connectivity index (χ3v) is 5.56. The first-order valence-corrected chi connectivity index (χ1v) is 10.5. The molecule has 1 N–H and O–H groups in total. The van der Waals surface area contributed by atoms with E-state index in [0.717, 1.165) is 47.8 Å². The van der Waals surface area contributed by atoms with Crippen LogP contribution in [0.2, 0.25) is 0 Å². The predicted molar refractivity (Wildman–Crippen MR) is 117 cm³/mol. The van der Waals surface area contributed by atoms with Crippen LogP contribution in [-0.2, 0) is 11.3 Å². The first kappa shape index (κ1) is 20.3. The molecule has 6 nitrogen and oxygen atoms in total. The van der Waals surface area contributed by atoms with Crippen molar-refractivity contribution in [2.24, 2.45) is 0 Å². The van der Waals surface area contributed by atoms with Crippen molar-refractivity contribution in [3.8, 4) is 5.75 Å². The summed E-state index contributed by atoms with van der Waals surface area (Å²) in [5.41, 5.74) is 1.11. The molecule has 0 aliphatic heterocycles. The lowest BCUT2D eigenvalue weighted by Gasteiger charge is -2.30. The van der Waals surface area contributed by atoms with Gasteiger partial charge in [-0.1, -0.05) is 18.2 Å². The second-order valence-corrected chi connectivity index (χ2v) is 8.05. The standard InChI is InChI=1S/C24H28N4O2/c1-28(16-18-4-3-12-25-14-18)17-24(29)27-20-7-9-21(10-8-20)30-23-6-2-5-19-15-26-13-11-22(19)23/h2-6,11-15,20-21H,7-10,16-17H2,1H3,(H,27,29). The van der Waals surface area contributed by atoms with E-state index in [1.54, 1.807) is 12.4 Å². The largest absolute Gasteiger partial charge is 0.490 e. The molecule has 0 bridgehead atoms. The first-order chi connectivity index (χ1) is 14.7. The number of hydrogen-bond acceptors (Lipinski definition) is 5. The fourth-order valence-corrected chi connectivity index (χ4v) is 4.08. The third kappa shape index (κ3) is 5.33. The number of hydrogen-bond donors (Lipinski definition) is 1. The normalized spacial score (nSPS) is 19.0. The number of benzene rings is 1. The van der Waals surface area contributed by atoms with E-state index in [4.69, 9.17) is 4.74 Å². The van der Waals surface area contributed by atoms with Gasteiger partial charge in [-0.2, -0.15) is 0 Å². The topological polar surface area (TPSA) is 67.4 Å². The minimum atomic E-state index is 0.0762. The number of fused-ring (bicyclic) bond motifs is 1. The molecule has 0 spiro atoms. The fourth-order valence-electron chi connectivity index (χ4n) is 4.08. The highest BCUT2D eigenvalue weighted by atomic mass is 16.5. The maximum atomic E-state index is 12.4. The molecule has 30 heavy (non-hydrogen) atoms. The van der Waals surface area contributed by atoms with Crippen LogP contribution in [0.25, 0.3) is 10.8 Å². The Morgan fingerprint density at radius 2 is 1.90 bits per heavy atom. The summed E-state index contributed by atoms with van der Waals surface area (Å²) in [6.45, 7) is 1.09. The Morgan fingerprint density at radius 1 is 1.07 bits per heavy atom. The van der Waals surface area contributed by atoms with Gasteiger partial charge in [-0.3, -0.25) is 19.7 Å². The lowest BCUT2D eigenvalue weighted by Crippen LogP contribution is -2.43. The van der Waals surface area contributed by atoms with E-state index in [1.165, 1.54) is 0 Å². The summed E-state index contributed by atoms with van der Waals surface area (Å²) >= 11 is 0. The zero-order valence-corrected chi connectivity index (χ0v) is 17.3. The zero-order valence-electron chi connectivity index (χ0n) is 17.3. The summed E-state index contributed by atoms with van der Waals surface area (Å²) < 4.78 is 6.30. The molecular weight excluding hydrogens is 376 g/mol. The van der Waals surface area contributed by atoms with Crippen LogP contribution in [-0.4, -0.2) is 46.5 Å². The average Bonchev–Trinajstić information content (AvgIpc) is 2.76. The number of likely N-dealkylation sites (N-methyl/N-ethyl adjacent to an activating group) is 1. The lowest BCUT2D eigenvalue weighted by atomic mass is 9.93. The van der Waals surface area contributed by atoms with E-state index < -0.39 is 0 Å². The Bertz CT molecular complexity index is 966. The molecule has 4 rings (SSSR count). The first-order valence-electron chi connectivity index (χ1n) is 10.5. The maximum absolute atomic E-state index is 12.4. The highest BCUT2D eigenvalue weighted by Gasteiger charge is 2.24. The van der Waals surface area contributed by atoms with Crippen molar-refractivity contribution in [1.29, 1.82) is 0 Å². The summed E-state index contributed by atoms with van der Waals surface area (Å²) in [6.07, 6.45) is 11.2. The van der Waals surface area contributed by atoms with Gasteiger partial charge in [-0.05, 0) is 56.5 Å². The van der Waals surface area contributed by atoms with E-state index in [9.17, 15) is 4.79 Å². The number of rotatable bonds is 7. The van der Waals surface area contributed by atoms with Gasteiger partial charge >= 0.3 is 0 Å². The van der Waals surface area contributed by atoms with Crippen LogP contribution in [0.1, 0.15) is 31.2 Å². The summed E-state index contributed by atoms with van der Waals surface area (Å²) in [7, 11) is 1.96. The molecule has 1 aromatic carbocycles. The van der Waals surface area contributed by atoms with Gasteiger partial charge in [0.25, 0.3) is 0 Å². The second kappa shape index (κ2) is 9.67. The molecule has 2 heterocycles. The van der Waals surface area contributed by atoms with Crippen molar-refractivity contribution in [2.45, 2.75) is 44.4 Å². The van der Waals surface area contributed by atoms with Crippen LogP contribution in [0.3, 0.4) is 0 Å². The minimum absolute atomic E-state index is 0.0762. The molecule has 1 fully saturated rings. The van der Waals surface area contributed by atoms with Crippen molar-refractivity contribution >= 4 is 16.7 Å². The van der Waals surface area contributed by atoms with Crippen molar-refractivity contribution < 1.29 is 9.53 Å². The molecule has 0 radical (unpaired) electrons. The summed E-state index contributed by atoms with van der Waals surface area (Å²) in [4.78, 5) is 22.7. The molecule has 1 aliphatic rings. The summed E-state index contributed by atoms with van der Waals surface area (Å²) in [5.74, 6) is 0.992. The quantitative estimate of drug-likeness (QED) is 0.652. The van der Waals surface area contributed by atoms with Gasteiger partial charge in [0.05, 0.1) is 12.6 Å². The van der Waals surface area contributed by atoms with E-state index in [2.05, 4.69) is 15.3 Å². The van der Waals surface area contributed by atoms with Gasteiger partial charge in [-0.25, -0.2) is 0 Å². The smallest absolute Gasteiger partial charge is 0.234 e. The zero-order chi connectivity index (χ0) is 20.8. The van der Waals surface area contributed by atoms with Gasteiger partial charge in [0.2, 0.25) is 5.91 Å². The van der Waals surface area contributed by atoms with Crippen LogP contribution < -0.4 is 10.1 Å². The van der Waals surface area contributed by atoms with Crippen LogP contribution in [0.15, 0.2) is 61.2 Å². The van der Waals surface area contributed by atoms with Crippen LogP contribution >= 0.6 is 0 Å². The number of carbonyl (C=O) groups excluding carboxylic acids is 1. The predicted octanol–water partition coefficient (Wildman–Crippen LogP) is 3.57. The lowest BCUT2D eigenvalue weighted by molar-refractivity contribution is -0.123. The Balaban J connectivity index is 1.23. The average molecular weight is 405 g/mol. The Morgan fingerprint density at radius 3 is 2.70 bits per heavy atom. The monoisotopic (exact) mass is 404 g/mol. The van der Waals surface area contributed by atoms with Crippen molar-refractivity contribution in [1.82, 2.24) is 20.2 Å².